The molecule has 0 unspecified atom stereocenters. The second-order valence-electron chi connectivity index (χ2n) is 6.51. The summed E-state index contributed by atoms with van der Waals surface area (Å²) in [6.45, 7) is 2.86. The van der Waals surface area contributed by atoms with E-state index in [1.807, 2.05) is 31.2 Å². The summed E-state index contributed by atoms with van der Waals surface area (Å²) in [4.78, 5) is 0. The van der Waals surface area contributed by atoms with Crippen molar-refractivity contribution < 1.29 is 14.6 Å². The standard InChI is InChI=1S/C22H20Cl3NO3/c1-13-4-3-5-14(6-13)12-29-21-10-17(23)15(7-20(21)28-2)11-26-16-8-18(24)22(27)19(25)9-16/h3-10,26-27H,11-12H2,1-2H3. The van der Waals surface area contributed by atoms with E-state index in [-0.39, 0.29) is 15.8 Å². The summed E-state index contributed by atoms with van der Waals surface area (Å²) in [5.74, 6) is 1.01. The molecule has 2 N–H and O–H groups in total. The third-order valence-corrected chi connectivity index (χ3v) is 5.24. The average Bonchev–Trinajstić information content (AvgIpc) is 2.69. The van der Waals surface area contributed by atoms with Crippen molar-refractivity contribution in [3.05, 3.63) is 80.3 Å². The highest BCUT2D eigenvalue weighted by Gasteiger charge is 2.12. The molecule has 0 bridgehead atoms. The number of ether oxygens (including phenoxy) is 2. The molecule has 7 heteroatoms. The predicted octanol–water partition coefficient (Wildman–Crippen LogP) is 6.86. The third kappa shape index (κ3) is 5.41. The van der Waals surface area contributed by atoms with Gasteiger partial charge in [0.25, 0.3) is 0 Å². The van der Waals surface area contributed by atoms with E-state index in [9.17, 15) is 5.11 Å². The first-order valence-electron chi connectivity index (χ1n) is 8.84. The fourth-order valence-corrected chi connectivity index (χ4v) is 3.52. The second kappa shape index (κ2) is 9.49. The Morgan fingerprint density at radius 2 is 1.66 bits per heavy atom. The van der Waals surface area contributed by atoms with Crippen LogP contribution in [-0.2, 0) is 13.2 Å². The largest absolute Gasteiger partial charge is 0.505 e. The Labute approximate surface area is 184 Å². The van der Waals surface area contributed by atoms with E-state index in [4.69, 9.17) is 44.3 Å². The summed E-state index contributed by atoms with van der Waals surface area (Å²) < 4.78 is 11.4. The van der Waals surface area contributed by atoms with Gasteiger partial charge in [-0.25, -0.2) is 0 Å². The van der Waals surface area contributed by atoms with Crippen molar-refractivity contribution in [3.8, 4) is 17.2 Å². The first-order chi connectivity index (χ1) is 13.9. The minimum atomic E-state index is -0.145. The van der Waals surface area contributed by atoms with Gasteiger partial charge in [-0.15, -0.1) is 0 Å². The monoisotopic (exact) mass is 451 g/mol. The van der Waals surface area contributed by atoms with Crippen LogP contribution in [-0.4, -0.2) is 12.2 Å². The molecule has 0 fully saturated rings. The van der Waals surface area contributed by atoms with Gasteiger partial charge in [0.2, 0.25) is 0 Å². The van der Waals surface area contributed by atoms with Crippen molar-refractivity contribution in [1.82, 2.24) is 0 Å². The van der Waals surface area contributed by atoms with Gasteiger partial charge in [0.1, 0.15) is 6.61 Å². The Kier molecular flexibility index (Phi) is 7.01. The Morgan fingerprint density at radius 1 is 0.931 bits per heavy atom. The number of aromatic hydroxyl groups is 1. The summed E-state index contributed by atoms with van der Waals surface area (Å²) in [5, 5.41) is 13.7. The van der Waals surface area contributed by atoms with Crippen molar-refractivity contribution in [2.75, 3.05) is 12.4 Å². The van der Waals surface area contributed by atoms with Gasteiger partial charge in [-0.3, -0.25) is 0 Å². The van der Waals surface area contributed by atoms with Crippen LogP contribution in [0, 0.1) is 6.92 Å². The number of benzene rings is 3. The molecule has 0 saturated carbocycles. The zero-order chi connectivity index (χ0) is 21.0. The van der Waals surface area contributed by atoms with E-state index < -0.39 is 0 Å². The van der Waals surface area contributed by atoms with Gasteiger partial charge >= 0.3 is 0 Å². The van der Waals surface area contributed by atoms with Crippen LogP contribution in [0.25, 0.3) is 0 Å². The Balaban J connectivity index is 1.74. The molecule has 4 nitrogen and oxygen atoms in total. The SMILES string of the molecule is COc1cc(CNc2cc(Cl)c(O)c(Cl)c2)c(Cl)cc1OCc1cccc(C)c1. The summed E-state index contributed by atoms with van der Waals surface area (Å²) in [6, 6.07) is 14.9. The maximum atomic E-state index is 9.66. The quantitative estimate of drug-likeness (QED) is 0.384. The molecule has 3 aromatic carbocycles. The maximum Gasteiger partial charge on any atom is 0.163 e. The number of phenols is 1. The van der Waals surface area contributed by atoms with E-state index in [0.29, 0.717) is 35.4 Å². The molecule has 0 aromatic heterocycles. The number of hydrogen-bond acceptors (Lipinski definition) is 4. The molecule has 0 amide bonds. The van der Waals surface area contributed by atoms with Gasteiger partial charge in [0, 0.05) is 23.3 Å². The van der Waals surface area contributed by atoms with Gasteiger partial charge in [0.15, 0.2) is 17.2 Å². The molecular weight excluding hydrogens is 433 g/mol. The minimum Gasteiger partial charge on any atom is -0.505 e. The lowest BCUT2D eigenvalue weighted by molar-refractivity contribution is 0.284. The number of methoxy groups -OCH3 is 1. The third-order valence-electron chi connectivity index (χ3n) is 4.31. The second-order valence-corrected chi connectivity index (χ2v) is 7.74. The number of anilines is 1. The van der Waals surface area contributed by atoms with Gasteiger partial charge in [0.05, 0.1) is 17.2 Å². The first-order valence-corrected chi connectivity index (χ1v) is 9.97. The average molecular weight is 453 g/mol. The molecule has 0 heterocycles. The number of aryl methyl sites for hydroxylation is 1. The highest BCUT2D eigenvalue weighted by Crippen LogP contribution is 2.36. The van der Waals surface area contributed by atoms with Crippen LogP contribution in [0.3, 0.4) is 0 Å². The molecule has 29 heavy (non-hydrogen) atoms. The fourth-order valence-electron chi connectivity index (χ4n) is 2.81. The zero-order valence-electron chi connectivity index (χ0n) is 15.9. The van der Waals surface area contributed by atoms with E-state index in [1.54, 1.807) is 25.3 Å². The van der Waals surface area contributed by atoms with Crippen molar-refractivity contribution in [2.24, 2.45) is 0 Å². The fraction of sp³-hybridized carbons (Fsp3) is 0.182. The Morgan fingerprint density at radius 3 is 2.31 bits per heavy atom. The Hall–Kier alpha value is -2.27. The molecule has 0 aliphatic rings. The molecule has 0 saturated heterocycles. The predicted molar refractivity (Wildman–Crippen MR) is 119 cm³/mol. The van der Waals surface area contributed by atoms with E-state index >= 15 is 0 Å². The lowest BCUT2D eigenvalue weighted by atomic mass is 10.1. The van der Waals surface area contributed by atoms with Crippen molar-refractivity contribution >= 4 is 40.5 Å². The van der Waals surface area contributed by atoms with Crippen molar-refractivity contribution in [3.63, 3.8) is 0 Å². The van der Waals surface area contributed by atoms with Crippen LogP contribution in [0.1, 0.15) is 16.7 Å². The van der Waals surface area contributed by atoms with Crippen molar-refractivity contribution in [2.45, 2.75) is 20.1 Å². The normalized spacial score (nSPS) is 10.7. The van der Waals surface area contributed by atoms with Crippen LogP contribution in [0.15, 0.2) is 48.5 Å². The van der Waals surface area contributed by atoms with Crippen LogP contribution < -0.4 is 14.8 Å². The molecule has 3 rings (SSSR count). The summed E-state index contributed by atoms with van der Waals surface area (Å²) in [5.41, 5.74) is 3.71. The molecular formula is C22H20Cl3NO3. The van der Waals surface area contributed by atoms with Crippen molar-refractivity contribution in [1.29, 1.82) is 0 Å². The molecule has 3 aromatic rings. The van der Waals surface area contributed by atoms with Crippen LogP contribution in [0.2, 0.25) is 15.1 Å². The highest BCUT2D eigenvalue weighted by molar-refractivity contribution is 6.37. The van der Waals surface area contributed by atoms with Gasteiger partial charge < -0.3 is 19.9 Å². The molecule has 0 radical (unpaired) electrons. The number of nitrogens with one attached hydrogen (secondary N) is 1. The molecule has 0 atom stereocenters. The molecule has 0 spiro atoms. The van der Waals surface area contributed by atoms with Gasteiger partial charge in [-0.05, 0) is 36.2 Å². The molecule has 0 aliphatic carbocycles. The lowest BCUT2D eigenvalue weighted by Crippen LogP contribution is -2.03. The van der Waals surface area contributed by atoms with E-state index in [0.717, 1.165) is 11.1 Å². The summed E-state index contributed by atoms with van der Waals surface area (Å²) in [6.07, 6.45) is 0. The van der Waals surface area contributed by atoms with Gasteiger partial charge in [-0.2, -0.15) is 0 Å². The number of halogens is 3. The smallest absolute Gasteiger partial charge is 0.163 e. The number of hydrogen-bond donors (Lipinski definition) is 2. The number of phenolic OH excluding ortho intramolecular Hbond substituents is 1. The molecule has 152 valence electrons. The maximum absolute atomic E-state index is 9.66. The molecule has 0 aliphatic heterocycles. The first kappa shape index (κ1) is 21.4. The topological polar surface area (TPSA) is 50.7 Å². The van der Waals surface area contributed by atoms with Crippen LogP contribution in [0.5, 0.6) is 17.2 Å². The zero-order valence-corrected chi connectivity index (χ0v) is 18.2. The van der Waals surface area contributed by atoms with Crippen LogP contribution in [0.4, 0.5) is 5.69 Å². The highest BCUT2D eigenvalue weighted by atomic mass is 35.5. The summed E-state index contributed by atoms with van der Waals surface area (Å²) >= 11 is 18.4. The summed E-state index contributed by atoms with van der Waals surface area (Å²) in [7, 11) is 1.58. The van der Waals surface area contributed by atoms with Crippen LogP contribution >= 0.6 is 34.8 Å². The minimum absolute atomic E-state index is 0.145. The van der Waals surface area contributed by atoms with E-state index in [2.05, 4.69) is 11.4 Å². The van der Waals surface area contributed by atoms with Gasteiger partial charge in [-0.1, -0.05) is 64.6 Å². The lowest BCUT2D eigenvalue weighted by Gasteiger charge is -2.15. The Bertz CT molecular complexity index is 1000. The number of rotatable bonds is 7. The van der Waals surface area contributed by atoms with E-state index in [1.165, 1.54) is 5.56 Å².